The largest absolute Gasteiger partial charge is 0.368 e. The van der Waals surface area contributed by atoms with Crippen molar-refractivity contribution in [2.45, 2.75) is 25.9 Å². The van der Waals surface area contributed by atoms with Crippen LogP contribution in [-0.4, -0.2) is 55.0 Å². The van der Waals surface area contributed by atoms with Gasteiger partial charge in [-0.05, 0) is 13.8 Å². The van der Waals surface area contributed by atoms with E-state index in [-0.39, 0.29) is 18.5 Å². The van der Waals surface area contributed by atoms with Gasteiger partial charge in [-0.15, -0.1) is 0 Å². The van der Waals surface area contributed by atoms with Gasteiger partial charge in [0.1, 0.15) is 0 Å². The van der Waals surface area contributed by atoms with Crippen LogP contribution in [0.25, 0.3) is 0 Å². The summed E-state index contributed by atoms with van der Waals surface area (Å²) in [6.07, 6.45) is 0. The van der Waals surface area contributed by atoms with Crippen LogP contribution in [0.5, 0.6) is 0 Å². The Morgan fingerprint density at radius 1 is 1.38 bits per heavy atom. The minimum Gasteiger partial charge on any atom is -0.368 e. The molecule has 1 saturated heterocycles. The summed E-state index contributed by atoms with van der Waals surface area (Å²) in [5.41, 5.74) is 5.09. The number of hydrogen-bond donors (Lipinski definition) is 3. The molecule has 1 rings (SSSR count). The van der Waals surface area contributed by atoms with Crippen LogP contribution in [0.2, 0.25) is 0 Å². The number of nitrogens with two attached hydrogens (primary N) is 1. The lowest BCUT2D eigenvalue weighted by atomic mass is 10.1. The summed E-state index contributed by atoms with van der Waals surface area (Å²) < 4.78 is 0. The van der Waals surface area contributed by atoms with E-state index in [1.807, 2.05) is 6.92 Å². The summed E-state index contributed by atoms with van der Waals surface area (Å²) in [4.78, 5) is 24.3. The highest BCUT2D eigenvalue weighted by Crippen LogP contribution is 1.99. The van der Waals surface area contributed by atoms with E-state index < -0.39 is 5.91 Å². The topological polar surface area (TPSA) is 87.5 Å². The number of nitrogens with one attached hydrogen (secondary N) is 2. The number of rotatable bonds is 4. The molecule has 92 valence electrons. The van der Waals surface area contributed by atoms with E-state index in [1.54, 1.807) is 0 Å². The Morgan fingerprint density at radius 3 is 2.50 bits per heavy atom. The zero-order valence-electron chi connectivity index (χ0n) is 9.82. The lowest BCUT2D eigenvalue weighted by Crippen LogP contribution is -2.60. The van der Waals surface area contributed by atoms with Gasteiger partial charge in [-0.25, -0.2) is 0 Å². The van der Waals surface area contributed by atoms with E-state index >= 15 is 0 Å². The molecule has 2 atom stereocenters. The van der Waals surface area contributed by atoms with Crippen molar-refractivity contribution in [3.05, 3.63) is 0 Å². The van der Waals surface area contributed by atoms with E-state index in [0.717, 1.165) is 6.54 Å². The Bertz CT molecular complexity index is 262. The van der Waals surface area contributed by atoms with Gasteiger partial charge in [0.2, 0.25) is 11.8 Å². The Labute approximate surface area is 95.5 Å². The normalized spacial score (nSPS) is 25.1. The highest BCUT2D eigenvalue weighted by Gasteiger charge is 2.27. The van der Waals surface area contributed by atoms with Crippen molar-refractivity contribution in [1.29, 1.82) is 0 Å². The first-order valence-corrected chi connectivity index (χ1v) is 5.58. The maximum absolute atomic E-state index is 12.0. The van der Waals surface area contributed by atoms with E-state index in [9.17, 15) is 9.59 Å². The third-order valence-corrected chi connectivity index (χ3v) is 2.68. The average Bonchev–Trinajstić information content (AvgIpc) is 2.25. The maximum Gasteiger partial charge on any atom is 0.241 e. The predicted octanol–water partition coefficient (Wildman–Crippen LogP) is -1.73. The molecule has 2 unspecified atom stereocenters. The van der Waals surface area contributed by atoms with Crippen LogP contribution in [0.4, 0.5) is 0 Å². The molecule has 2 amide bonds. The number of hydrogen-bond acceptors (Lipinski definition) is 4. The summed E-state index contributed by atoms with van der Waals surface area (Å²) in [6.45, 7) is 5.72. The van der Waals surface area contributed by atoms with Gasteiger partial charge in [-0.3, -0.25) is 9.59 Å². The van der Waals surface area contributed by atoms with Crippen LogP contribution in [0, 0.1) is 0 Å². The minimum atomic E-state index is -0.479. The number of nitrogens with zero attached hydrogens (tertiary/aromatic N) is 1. The minimum absolute atomic E-state index is 0.0108. The van der Waals surface area contributed by atoms with Gasteiger partial charge >= 0.3 is 0 Å². The quantitative estimate of drug-likeness (QED) is 0.533. The molecular weight excluding hydrogens is 208 g/mol. The second kappa shape index (κ2) is 5.81. The van der Waals surface area contributed by atoms with Gasteiger partial charge in [0.05, 0.1) is 12.6 Å². The van der Waals surface area contributed by atoms with Crippen molar-refractivity contribution in [1.82, 2.24) is 15.5 Å². The molecule has 1 heterocycles. The van der Waals surface area contributed by atoms with Crippen molar-refractivity contribution < 1.29 is 9.59 Å². The zero-order valence-corrected chi connectivity index (χ0v) is 9.82. The summed E-state index contributed by atoms with van der Waals surface area (Å²) in [7, 11) is 0. The third kappa shape index (κ3) is 3.46. The lowest BCUT2D eigenvalue weighted by molar-refractivity contribution is -0.137. The van der Waals surface area contributed by atoms with Gasteiger partial charge in [-0.2, -0.15) is 0 Å². The van der Waals surface area contributed by atoms with E-state index in [0.29, 0.717) is 19.1 Å². The second-order valence-electron chi connectivity index (χ2n) is 4.09. The third-order valence-electron chi connectivity index (χ3n) is 2.68. The zero-order chi connectivity index (χ0) is 12.1. The first-order valence-electron chi connectivity index (χ1n) is 5.58. The van der Waals surface area contributed by atoms with Crippen molar-refractivity contribution in [2.75, 3.05) is 26.2 Å². The Morgan fingerprint density at radius 2 is 2.06 bits per heavy atom. The van der Waals surface area contributed by atoms with Crippen LogP contribution >= 0.6 is 0 Å². The lowest BCUT2D eigenvalue weighted by Gasteiger charge is -2.31. The van der Waals surface area contributed by atoms with Gasteiger partial charge in [0.15, 0.2) is 0 Å². The summed E-state index contributed by atoms with van der Waals surface area (Å²) in [6, 6.07) is 0.116. The summed E-state index contributed by atoms with van der Waals surface area (Å²) in [5.74, 6) is -0.548. The van der Waals surface area contributed by atoms with E-state index in [1.165, 1.54) is 4.90 Å². The molecule has 0 bridgehead atoms. The average molecular weight is 228 g/mol. The van der Waals surface area contributed by atoms with Gasteiger partial charge in [0, 0.05) is 25.7 Å². The molecule has 1 fully saturated rings. The first kappa shape index (κ1) is 12.9. The van der Waals surface area contributed by atoms with Crippen molar-refractivity contribution in [2.24, 2.45) is 5.73 Å². The number of carbonyl (C=O) groups excluding carboxylic acids is 2. The van der Waals surface area contributed by atoms with E-state index in [4.69, 9.17) is 5.73 Å². The molecule has 0 aromatic rings. The molecule has 6 nitrogen and oxygen atoms in total. The van der Waals surface area contributed by atoms with Crippen LogP contribution in [0.3, 0.4) is 0 Å². The monoisotopic (exact) mass is 228 g/mol. The standard InChI is InChI=1S/C10H20N4O2/c1-3-14(6-9(11)15)10(16)8-5-12-7(2)4-13-8/h7-8,12-13H,3-6H2,1-2H3,(H2,11,15). The maximum atomic E-state index is 12.0. The molecular formula is C10H20N4O2. The number of primary amides is 1. The fraction of sp³-hybridized carbons (Fsp3) is 0.800. The van der Waals surface area contributed by atoms with Gasteiger partial charge in [-0.1, -0.05) is 0 Å². The fourth-order valence-electron chi connectivity index (χ4n) is 1.71. The molecule has 0 saturated carbocycles. The number of amides is 2. The molecule has 6 heteroatoms. The molecule has 0 aromatic carbocycles. The van der Waals surface area contributed by atoms with Crippen LogP contribution in [-0.2, 0) is 9.59 Å². The summed E-state index contributed by atoms with van der Waals surface area (Å²) >= 11 is 0. The van der Waals surface area contributed by atoms with Gasteiger partial charge < -0.3 is 21.3 Å². The van der Waals surface area contributed by atoms with Crippen molar-refractivity contribution >= 4 is 11.8 Å². The number of carbonyl (C=O) groups is 2. The molecule has 4 N–H and O–H groups in total. The van der Waals surface area contributed by atoms with Crippen molar-refractivity contribution in [3.8, 4) is 0 Å². The smallest absolute Gasteiger partial charge is 0.241 e. The van der Waals surface area contributed by atoms with Crippen LogP contribution < -0.4 is 16.4 Å². The Hall–Kier alpha value is -1.14. The molecule has 0 aromatic heterocycles. The highest BCUT2D eigenvalue weighted by molar-refractivity contribution is 5.87. The molecule has 16 heavy (non-hydrogen) atoms. The van der Waals surface area contributed by atoms with Crippen molar-refractivity contribution in [3.63, 3.8) is 0 Å². The highest BCUT2D eigenvalue weighted by atomic mass is 16.2. The van der Waals surface area contributed by atoms with Crippen LogP contribution in [0.15, 0.2) is 0 Å². The molecule has 0 aliphatic carbocycles. The number of piperazine rings is 1. The van der Waals surface area contributed by atoms with Gasteiger partial charge in [0.25, 0.3) is 0 Å². The first-order chi connectivity index (χ1) is 7.54. The van der Waals surface area contributed by atoms with Crippen LogP contribution in [0.1, 0.15) is 13.8 Å². The Balaban J connectivity index is 2.51. The second-order valence-corrected chi connectivity index (χ2v) is 4.09. The Kier molecular flexibility index (Phi) is 4.70. The molecule has 0 spiro atoms. The van der Waals surface area contributed by atoms with E-state index in [2.05, 4.69) is 17.6 Å². The SMILES string of the molecule is CCN(CC(N)=O)C(=O)C1CNC(C)CN1. The number of likely N-dealkylation sites (N-methyl/N-ethyl adjacent to an activating group) is 1. The molecule has 1 aliphatic rings. The molecule has 1 aliphatic heterocycles. The fourth-order valence-corrected chi connectivity index (χ4v) is 1.71. The molecule has 0 radical (unpaired) electrons. The summed E-state index contributed by atoms with van der Waals surface area (Å²) in [5, 5.41) is 6.37. The predicted molar refractivity (Wildman–Crippen MR) is 60.7 cm³/mol.